The summed E-state index contributed by atoms with van der Waals surface area (Å²) in [5.74, 6) is 0. The summed E-state index contributed by atoms with van der Waals surface area (Å²) in [5.41, 5.74) is 3.45. The van der Waals surface area contributed by atoms with Crippen molar-refractivity contribution in [1.82, 2.24) is 4.98 Å². The van der Waals surface area contributed by atoms with Gasteiger partial charge in [-0.05, 0) is 41.6 Å². The van der Waals surface area contributed by atoms with Crippen molar-refractivity contribution in [3.05, 3.63) is 71.9 Å². The van der Waals surface area contributed by atoms with E-state index in [-0.39, 0.29) is 0 Å². The Kier molecular flexibility index (Phi) is 3.84. The number of pyridine rings is 1. The molecule has 3 aromatic rings. The zero-order valence-corrected chi connectivity index (χ0v) is 12.1. The Labute approximate surface area is 123 Å². The van der Waals surface area contributed by atoms with Crippen LogP contribution in [0.15, 0.2) is 65.7 Å². The van der Waals surface area contributed by atoms with Crippen LogP contribution >= 0.6 is 11.8 Å². The fourth-order valence-corrected chi connectivity index (χ4v) is 2.57. The van der Waals surface area contributed by atoms with Gasteiger partial charge in [-0.1, -0.05) is 42.5 Å². The highest BCUT2D eigenvalue weighted by atomic mass is 32.2. The normalized spacial score (nSPS) is 11.2. The number of hydrogen-bond acceptors (Lipinski definition) is 2. The van der Waals surface area contributed by atoms with Crippen molar-refractivity contribution in [2.75, 3.05) is 6.26 Å². The fraction of sp³-hybridized carbons (Fsp3) is 0.0556. The van der Waals surface area contributed by atoms with Crippen molar-refractivity contribution < 1.29 is 0 Å². The zero-order valence-electron chi connectivity index (χ0n) is 11.3. The lowest BCUT2D eigenvalue weighted by Gasteiger charge is -2.01. The highest BCUT2D eigenvalue weighted by Crippen LogP contribution is 2.20. The SMILES string of the molecule is CSc1ccc(/C=C\c2ccnc3ccccc23)cc1. The number of thioether (sulfide) groups is 1. The maximum Gasteiger partial charge on any atom is 0.0707 e. The monoisotopic (exact) mass is 277 g/mol. The minimum absolute atomic E-state index is 1.03. The number of para-hydroxylation sites is 1. The summed E-state index contributed by atoms with van der Waals surface area (Å²) in [6.07, 6.45) is 8.25. The van der Waals surface area contributed by atoms with Crippen LogP contribution in [0, 0.1) is 0 Å². The molecule has 0 atom stereocenters. The molecule has 0 aliphatic rings. The maximum absolute atomic E-state index is 4.38. The lowest BCUT2D eigenvalue weighted by Crippen LogP contribution is -1.81. The van der Waals surface area contributed by atoms with E-state index in [9.17, 15) is 0 Å². The predicted molar refractivity (Wildman–Crippen MR) is 88.9 cm³/mol. The van der Waals surface area contributed by atoms with Gasteiger partial charge in [-0.25, -0.2) is 0 Å². The van der Waals surface area contributed by atoms with Gasteiger partial charge in [0.1, 0.15) is 0 Å². The molecule has 0 aliphatic carbocycles. The van der Waals surface area contributed by atoms with Gasteiger partial charge in [0.2, 0.25) is 0 Å². The first-order valence-corrected chi connectivity index (χ1v) is 7.75. The van der Waals surface area contributed by atoms with Crippen LogP contribution in [0.4, 0.5) is 0 Å². The first-order valence-electron chi connectivity index (χ1n) is 6.53. The lowest BCUT2D eigenvalue weighted by molar-refractivity contribution is 1.41. The lowest BCUT2D eigenvalue weighted by atomic mass is 10.1. The van der Waals surface area contributed by atoms with Crippen LogP contribution in [0.2, 0.25) is 0 Å². The third-order valence-electron chi connectivity index (χ3n) is 3.25. The molecule has 0 radical (unpaired) electrons. The van der Waals surface area contributed by atoms with Crippen molar-refractivity contribution in [2.24, 2.45) is 0 Å². The highest BCUT2D eigenvalue weighted by Gasteiger charge is 1.97. The third-order valence-corrected chi connectivity index (χ3v) is 4.00. The summed E-state index contributed by atoms with van der Waals surface area (Å²) >= 11 is 1.76. The fourth-order valence-electron chi connectivity index (χ4n) is 2.16. The second-order valence-electron chi connectivity index (χ2n) is 4.52. The first-order chi connectivity index (χ1) is 9.86. The second kappa shape index (κ2) is 5.93. The average molecular weight is 277 g/mol. The molecular weight excluding hydrogens is 262 g/mol. The minimum atomic E-state index is 1.03. The molecule has 0 spiro atoms. The summed E-state index contributed by atoms with van der Waals surface area (Å²) in [4.78, 5) is 5.67. The van der Waals surface area contributed by atoms with Gasteiger partial charge in [0.05, 0.1) is 5.52 Å². The van der Waals surface area contributed by atoms with Crippen LogP contribution in [0.3, 0.4) is 0 Å². The van der Waals surface area contributed by atoms with E-state index in [1.54, 1.807) is 11.8 Å². The number of hydrogen-bond donors (Lipinski definition) is 0. The Balaban J connectivity index is 1.93. The van der Waals surface area contributed by atoms with Crippen molar-refractivity contribution in [2.45, 2.75) is 4.90 Å². The van der Waals surface area contributed by atoms with E-state index in [1.165, 1.54) is 21.4 Å². The van der Waals surface area contributed by atoms with Crippen LogP contribution in [0.1, 0.15) is 11.1 Å². The number of nitrogens with zero attached hydrogens (tertiary/aromatic N) is 1. The van der Waals surface area contributed by atoms with Gasteiger partial charge in [0.25, 0.3) is 0 Å². The van der Waals surface area contributed by atoms with E-state index in [1.807, 2.05) is 18.3 Å². The van der Waals surface area contributed by atoms with Gasteiger partial charge in [-0.15, -0.1) is 11.8 Å². The largest absolute Gasteiger partial charge is 0.256 e. The van der Waals surface area contributed by atoms with Crippen molar-refractivity contribution >= 4 is 34.8 Å². The molecule has 0 aliphatic heterocycles. The van der Waals surface area contributed by atoms with Crippen LogP contribution in [0.5, 0.6) is 0 Å². The number of aromatic nitrogens is 1. The van der Waals surface area contributed by atoms with E-state index < -0.39 is 0 Å². The molecule has 2 heteroatoms. The van der Waals surface area contributed by atoms with E-state index in [0.29, 0.717) is 0 Å². The van der Waals surface area contributed by atoms with E-state index in [0.717, 1.165) is 5.52 Å². The van der Waals surface area contributed by atoms with Gasteiger partial charge in [0.15, 0.2) is 0 Å². The van der Waals surface area contributed by atoms with Crippen LogP contribution in [0.25, 0.3) is 23.1 Å². The number of benzene rings is 2. The average Bonchev–Trinajstić information content (AvgIpc) is 2.53. The molecule has 98 valence electrons. The molecule has 1 aromatic heterocycles. The first kappa shape index (κ1) is 12.9. The Bertz CT molecular complexity index is 739. The standard InChI is InChI=1S/C18H15NS/c1-20-16-10-7-14(8-11-16)6-9-15-12-13-19-18-5-3-2-4-17(15)18/h2-13H,1H3/b9-6-. The quantitative estimate of drug-likeness (QED) is 0.616. The predicted octanol–water partition coefficient (Wildman–Crippen LogP) is 5.13. The molecule has 2 aromatic carbocycles. The molecule has 0 amide bonds. The number of fused-ring (bicyclic) bond motifs is 1. The van der Waals surface area contributed by atoms with Crippen molar-refractivity contribution in [1.29, 1.82) is 0 Å². The zero-order chi connectivity index (χ0) is 13.8. The van der Waals surface area contributed by atoms with Crippen molar-refractivity contribution in [3.8, 4) is 0 Å². The summed E-state index contributed by atoms with van der Waals surface area (Å²) in [7, 11) is 0. The summed E-state index contributed by atoms with van der Waals surface area (Å²) < 4.78 is 0. The molecule has 20 heavy (non-hydrogen) atoms. The van der Waals surface area contributed by atoms with Crippen LogP contribution in [-0.2, 0) is 0 Å². The molecule has 0 saturated carbocycles. The van der Waals surface area contributed by atoms with Gasteiger partial charge >= 0.3 is 0 Å². The number of rotatable bonds is 3. The topological polar surface area (TPSA) is 12.9 Å². The van der Waals surface area contributed by atoms with E-state index >= 15 is 0 Å². The van der Waals surface area contributed by atoms with Gasteiger partial charge in [-0.3, -0.25) is 4.98 Å². The summed E-state index contributed by atoms with van der Waals surface area (Å²) in [6.45, 7) is 0. The molecule has 1 heterocycles. The molecule has 0 bridgehead atoms. The highest BCUT2D eigenvalue weighted by molar-refractivity contribution is 7.98. The molecule has 0 fully saturated rings. The molecule has 0 N–H and O–H groups in total. The molecule has 0 saturated heterocycles. The summed E-state index contributed by atoms with van der Waals surface area (Å²) in [6, 6.07) is 18.9. The van der Waals surface area contributed by atoms with Crippen LogP contribution in [-0.4, -0.2) is 11.2 Å². The molecule has 3 rings (SSSR count). The Morgan fingerprint density at radius 2 is 1.70 bits per heavy atom. The Hall–Kier alpha value is -2.06. The van der Waals surface area contributed by atoms with Crippen LogP contribution < -0.4 is 0 Å². The maximum atomic E-state index is 4.38. The second-order valence-corrected chi connectivity index (χ2v) is 5.40. The van der Waals surface area contributed by atoms with Gasteiger partial charge < -0.3 is 0 Å². The smallest absolute Gasteiger partial charge is 0.0707 e. The van der Waals surface area contributed by atoms with Gasteiger partial charge in [0, 0.05) is 16.5 Å². The summed E-state index contributed by atoms with van der Waals surface area (Å²) in [5, 5.41) is 1.19. The van der Waals surface area contributed by atoms with Gasteiger partial charge in [-0.2, -0.15) is 0 Å². The molecule has 1 nitrogen and oxygen atoms in total. The third kappa shape index (κ3) is 2.75. The molecule has 0 unspecified atom stereocenters. The van der Waals surface area contributed by atoms with Crippen molar-refractivity contribution in [3.63, 3.8) is 0 Å². The van der Waals surface area contributed by atoms with E-state index in [4.69, 9.17) is 0 Å². The Morgan fingerprint density at radius 3 is 2.50 bits per heavy atom. The minimum Gasteiger partial charge on any atom is -0.256 e. The van der Waals surface area contributed by atoms with E-state index in [2.05, 4.69) is 65.9 Å². The Morgan fingerprint density at radius 1 is 0.900 bits per heavy atom. The molecular formula is C18H15NS.